The minimum atomic E-state index is -0.585. The van der Waals surface area contributed by atoms with Crippen molar-refractivity contribution >= 4 is 34.6 Å². The zero-order valence-electron chi connectivity index (χ0n) is 20.2. The highest BCUT2D eigenvalue weighted by Gasteiger charge is 2.15. The highest BCUT2D eigenvalue weighted by Crippen LogP contribution is 2.29. The Morgan fingerprint density at radius 2 is 1.92 bits per heavy atom. The van der Waals surface area contributed by atoms with Crippen LogP contribution in [-0.4, -0.2) is 37.4 Å². The Bertz CT molecular complexity index is 1620. The van der Waals surface area contributed by atoms with Crippen LogP contribution < -0.4 is 20.7 Å². The lowest BCUT2D eigenvalue weighted by Crippen LogP contribution is -2.20. The molecule has 3 aromatic heterocycles. The number of rotatable bonds is 8. The first-order valence-electron chi connectivity index (χ1n) is 11.5. The molecule has 12 nitrogen and oxygen atoms in total. The normalized spacial score (nSPS) is 10.7. The summed E-state index contributed by atoms with van der Waals surface area (Å²) in [6.07, 6.45) is 8.85. The Morgan fingerprint density at radius 3 is 2.71 bits per heavy atom. The van der Waals surface area contributed by atoms with E-state index >= 15 is 0 Å². The van der Waals surface area contributed by atoms with Crippen LogP contribution in [0.1, 0.15) is 5.56 Å². The Balaban J connectivity index is 1.36. The minimum absolute atomic E-state index is 0.169. The van der Waals surface area contributed by atoms with E-state index in [0.717, 1.165) is 11.1 Å². The van der Waals surface area contributed by atoms with Crippen LogP contribution >= 0.6 is 0 Å². The zero-order valence-corrected chi connectivity index (χ0v) is 20.2. The number of aromatic nitrogens is 4. The van der Waals surface area contributed by atoms with E-state index in [1.54, 1.807) is 36.8 Å². The Kier molecular flexibility index (Phi) is 6.76. The third-order valence-electron chi connectivity index (χ3n) is 5.64. The lowest BCUT2D eigenvalue weighted by atomic mass is 10.1. The molecule has 0 aliphatic heterocycles. The van der Waals surface area contributed by atoms with Gasteiger partial charge in [-0.25, -0.2) is 14.8 Å². The van der Waals surface area contributed by atoms with Gasteiger partial charge in [-0.1, -0.05) is 12.1 Å². The molecule has 2 amide bonds. The van der Waals surface area contributed by atoms with Gasteiger partial charge in [0.1, 0.15) is 5.75 Å². The molecular formula is C26H22N8O4. The number of non-ortho nitro benzene ring substituents is 1. The van der Waals surface area contributed by atoms with E-state index in [1.807, 2.05) is 35.0 Å². The summed E-state index contributed by atoms with van der Waals surface area (Å²) in [5.74, 6) is 0.905. The monoisotopic (exact) mass is 510 g/mol. The van der Waals surface area contributed by atoms with E-state index in [9.17, 15) is 14.9 Å². The molecule has 0 spiro atoms. The van der Waals surface area contributed by atoms with Gasteiger partial charge in [0, 0.05) is 60.9 Å². The molecule has 12 heteroatoms. The van der Waals surface area contributed by atoms with Gasteiger partial charge in [-0.05, 0) is 35.9 Å². The van der Waals surface area contributed by atoms with Gasteiger partial charge in [-0.2, -0.15) is 0 Å². The molecule has 0 bridgehead atoms. The van der Waals surface area contributed by atoms with Crippen molar-refractivity contribution in [3.63, 3.8) is 0 Å². The number of benzene rings is 2. The van der Waals surface area contributed by atoms with Gasteiger partial charge < -0.3 is 25.1 Å². The number of ether oxygens (including phenoxy) is 1. The van der Waals surface area contributed by atoms with E-state index in [2.05, 4.69) is 25.9 Å². The number of urea groups is 1. The molecule has 0 aliphatic rings. The number of nitrogens with one attached hydrogen (secondary N) is 3. The summed E-state index contributed by atoms with van der Waals surface area (Å²) < 4.78 is 7.08. The lowest BCUT2D eigenvalue weighted by Gasteiger charge is -2.13. The quantitative estimate of drug-likeness (QED) is 0.196. The van der Waals surface area contributed by atoms with Gasteiger partial charge >= 0.3 is 6.03 Å². The average molecular weight is 511 g/mol. The fraction of sp³-hybridized carbons (Fsp3) is 0.0769. The molecular weight excluding hydrogens is 488 g/mol. The van der Waals surface area contributed by atoms with E-state index in [1.165, 1.54) is 25.3 Å². The number of nitro groups is 1. The van der Waals surface area contributed by atoms with Crippen molar-refractivity contribution in [2.45, 2.75) is 6.54 Å². The molecule has 2 aromatic carbocycles. The summed E-state index contributed by atoms with van der Waals surface area (Å²) in [5, 5.41) is 19.8. The largest absolute Gasteiger partial charge is 0.495 e. The van der Waals surface area contributed by atoms with Gasteiger partial charge in [0.05, 0.1) is 23.4 Å². The maximum absolute atomic E-state index is 12.7. The van der Waals surface area contributed by atoms with E-state index in [-0.39, 0.29) is 11.4 Å². The fourth-order valence-electron chi connectivity index (χ4n) is 3.82. The molecule has 190 valence electrons. The van der Waals surface area contributed by atoms with E-state index in [0.29, 0.717) is 35.1 Å². The number of methoxy groups -OCH3 is 1. The molecule has 0 atom stereocenters. The highest BCUT2D eigenvalue weighted by atomic mass is 16.6. The molecule has 0 saturated carbocycles. The van der Waals surface area contributed by atoms with Crippen LogP contribution in [0.15, 0.2) is 85.6 Å². The topological polar surface area (TPSA) is 149 Å². The first-order chi connectivity index (χ1) is 18.5. The number of amides is 2. The van der Waals surface area contributed by atoms with Gasteiger partial charge in [-0.15, -0.1) is 0 Å². The van der Waals surface area contributed by atoms with Gasteiger partial charge in [0.25, 0.3) is 5.69 Å². The van der Waals surface area contributed by atoms with Crippen molar-refractivity contribution in [1.29, 1.82) is 0 Å². The standard InChI is InChI=1S/C26H22N8O4/c1-38-23-6-5-20(34(36)37)14-21(23)32-26(35)30-19-4-2-3-18(13-19)22-16-33-12-11-28-25(33)24(31-22)29-15-17-7-9-27-10-8-17/h2-14,16H,15H2,1H3,(H,29,31)(H2,30,32,35). The predicted molar refractivity (Wildman–Crippen MR) is 142 cm³/mol. The first-order valence-corrected chi connectivity index (χ1v) is 11.5. The van der Waals surface area contributed by atoms with E-state index in [4.69, 9.17) is 9.72 Å². The maximum Gasteiger partial charge on any atom is 0.323 e. The third kappa shape index (κ3) is 5.33. The summed E-state index contributed by atoms with van der Waals surface area (Å²) in [7, 11) is 1.41. The number of fused-ring (bicyclic) bond motifs is 1. The summed E-state index contributed by atoms with van der Waals surface area (Å²) in [5.41, 5.74) is 3.67. The molecule has 5 aromatic rings. The predicted octanol–water partition coefficient (Wildman–Crippen LogP) is 4.96. The fourth-order valence-corrected chi connectivity index (χ4v) is 3.82. The Labute approximate surface area is 216 Å². The van der Waals surface area contributed by atoms with Gasteiger partial charge in [0.2, 0.25) is 0 Å². The minimum Gasteiger partial charge on any atom is -0.495 e. The second kappa shape index (κ2) is 10.6. The van der Waals surface area contributed by atoms with Gasteiger partial charge in [0.15, 0.2) is 11.5 Å². The van der Waals surface area contributed by atoms with Crippen LogP contribution in [0.5, 0.6) is 5.75 Å². The Hall–Kier alpha value is -5.52. The van der Waals surface area contributed by atoms with Crippen molar-refractivity contribution < 1.29 is 14.5 Å². The van der Waals surface area contributed by atoms with Crippen molar-refractivity contribution in [2.75, 3.05) is 23.1 Å². The molecule has 38 heavy (non-hydrogen) atoms. The Morgan fingerprint density at radius 1 is 1.08 bits per heavy atom. The van der Waals surface area contributed by atoms with Crippen molar-refractivity contribution in [2.24, 2.45) is 0 Å². The number of pyridine rings is 1. The van der Waals surface area contributed by atoms with Crippen LogP contribution in [0, 0.1) is 10.1 Å². The number of imidazole rings is 1. The first kappa shape index (κ1) is 24.2. The van der Waals surface area contributed by atoms with Gasteiger partial charge in [-0.3, -0.25) is 15.1 Å². The number of nitro benzene ring substituents is 1. The highest BCUT2D eigenvalue weighted by molar-refractivity contribution is 6.01. The smallest absolute Gasteiger partial charge is 0.323 e. The van der Waals surface area contributed by atoms with Crippen LogP contribution in [-0.2, 0) is 6.54 Å². The van der Waals surface area contributed by atoms with Crippen LogP contribution in [0.4, 0.5) is 27.7 Å². The summed E-state index contributed by atoms with van der Waals surface area (Å²) >= 11 is 0. The molecule has 3 heterocycles. The lowest BCUT2D eigenvalue weighted by molar-refractivity contribution is -0.384. The number of hydrogen-bond acceptors (Lipinski definition) is 8. The summed E-state index contributed by atoms with van der Waals surface area (Å²) in [6, 6.07) is 14.4. The van der Waals surface area contributed by atoms with Crippen molar-refractivity contribution in [3.05, 3.63) is 101 Å². The second-order valence-corrected chi connectivity index (χ2v) is 8.14. The third-order valence-corrected chi connectivity index (χ3v) is 5.64. The second-order valence-electron chi connectivity index (χ2n) is 8.14. The zero-order chi connectivity index (χ0) is 26.5. The molecule has 0 aliphatic carbocycles. The maximum atomic E-state index is 12.7. The summed E-state index contributed by atoms with van der Waals surface area (Å²) in [4.78, 5) is 36.5. The van der Waals surface area contributed by atoms with Crippen LogP contribution in [0.25, 0.3) is 16.9 Å². The van der Waals surface area contributed by atoms with Crippen LogP contribution in [0.2, 0.25) is 0 Å². The van der Waals surface area contributed by atoms with E-state index < -0.39 is 11.0 Å². The molecule has 3 N–H and O–H groups in total. The molecule has 0 saturated heterocycles. The number of nitrogens with zero attached hydrogens (tertiary/aromatic N) is 5. The number of carbonyl (C=O) groups is 1. The SMILES string of the molecule is COc1ccc([N+](=O)[O-])cc1NC(=O)Nc1cccc(-c2cn3ccnc3c(NCc3ccncc3)n2)c1. The van der Waals surface area contributed by atoms with Crippen molar-refractivity contribution in [3.8, 4) is 17.0 Å². The molecule has 5 rings (SSSR count). The number of hydrogen-bond donors (Lipinski definition) is 3. The molecule has 0 fully saturated rings. The van der Waals surface area contributed by atoms with Crippen molar-refractivity contribution in [1.82, 2.24) is 19.4 Å². The molecule has 0 unspecified atom stereocenters. The molecule has 0 radical (unpaired) electrons. The number of carbonyl (C=O) groups excluding carboxylic acids is 1. The van der Waals surface area contributed by atoms with Crippen LogP contribution in [0.3, 0.4) is 0 Å². The number of anilines is 3. The summed E-state index contributed by atoms with van der Waals surface area (Å²) in [6.45, 7) is 0.546. The average Bonchev–Trinajstić information content (AvgIpc) is 3.41.